The van der Waals surface area contributed by atoms with Crippen molar-refractivity contribution in [3.8, 4) is 6.07 Å². The molecule has 4 saturated carbocycles. The van der Waals surface area contributed by atoms with Crippen molar-refractivity contribution in [3.05, 3.63) is 11.6 Å². The van der Waals surface area contributed by atoms with E-state index in [0.29, 0.717) is 43.5 Å². The van der Waals surface area contributed by atoms with Crippen LogP contribution in [0.4, 0.5) is 0 Å². The fourth-order valence-corrected chi connectivity index (χ4v) is 11.8. The van der Waals surface area contributed by atoms with E-state index in [1.54, 1.807) is 0 Å². The third-order valence-corrected chi connectivity index (χ3v) is 14.1. The van der Waals surface area contributed by atoms with Gasteiger partial charge in [-0.3, -0.25) is 9.59 Å². The maximum absolute atomic E-state index is 14.5. The molecule has 5 aliphatic rings. The van der Waals surface area contributed by atoms with Gasteiger partial charge < -0.3 is 13.6 Å². The topological polar surface area (TPSA) is 85.6 Å². The molecule has 228 valence electrons. The second kappa shape index (κ2) is 10.8. The molecule has 5 aliphatic carbocycles. The quantitative estimate of drug-likeness (QED) is 0.280. The van der Waals surface area contributed by atoms with Crippen LogP contribution in [-0.4, -0.2) is 31.4 Å². The molecule has 0 aromatic carbocycles. The molecular weight excluding hydrogens is 533 g/mol. The van der Waals surface area contributed by atoms with Crippen LogP contribution < -0.4 is 0 Å². The monoisotopic (exact) mass is 585 g/mol. The van der Waals surface area contributed by atoms with E-state index in [1.165, 1.54) is 0 Å². The van der Waals surface area contributed by atoms with E-state index in [9.17, 15) is 14.9 Å². The van der Waals surface area contributed by atoms with Gasteiger partial charge in [-0.2, -0.15) is 5.26 Å². The molecule has 8 atom stereocenters. The molecule has 0 spiro atoms. The number of carbonyl (C=O) groups excluding carboxylic acids is 2. The van der Waals surface area contributed by atoms with Crippen molar-refractivity contribution in [3.63, 3.8) is 0 Å². The third-order valence-electron chi connectivity index (χ3n) is 12.8. The summed E-state index contributed by atoms with van der Waals surface area (Å²) in [5.41, 5.74) is -0.484. The molecule has 6 nitrogen and oxygen atoms in total. The van der Waals surface area contributed by atoms with Crippen LogP contribution in [-0.2, 0) is 23.2 Å². The highest BCUT2D eigenvalue weighted by Crippen LogP contribution is 2.72. The number of Topliss-reactive ketones (excluding diaryl/α,β-unsaturated/α-hetero) is 2. The summed E-state index contributed by atoms with van der Waals surface area (Å²) in [5, 5.41) is 9.93. The average molecular weight is 586 g/mol. The molecule has 41 heavy (non-hydrogen) atoms. The Hall–Kier alpha value is -1.12. The van der Waals surface area contributed by atoms with Gasteiger partial charge in [-0.1, -0.05) is 47.6 Å². The zero-order chi connectivity index (χ0) is 30.0. The Bertz CT molecular complexity index is 1130. The second-order valence-corrected chi connectivity index (χ2v) is 17.0. The number of allylic oxidation sites excluding steroid dienone is 2. The predicted octanol–water partition coefficient (Wildman–Crippen LogP) is 8.21. The van der Waals surface area contributed by atoms with Gasteiger partial charge in [0.25, 0.3) is 0 Å². The Morgan fingerprint density at radius 3 is 2.22 bits per heavy atom. The van der Waals surface area contributed by atoms with Crippen LogP contribution in [0.15, 0.2) is 11.6 Å². The lowest BCUT2D eigenvalue weighted by atomic mass is 9.35. The summed E-state index contributed by atoms with van der Waals surface area (Å²) < 4.78 is 18.0. The fraction of sp³-hybridized carbons (Fsp3) is 0.853. The Morgan fingerprint density at radius 2 is 1.59 bits per heavy atom. The molecule has 0 aromatic rings. The van der Waals surface area contributed by atoms with Gasteiger partial charge in [0.2, 0.25) is 0 Å². The number of ketones is 2. The van der Waals surface area contributed by atoms with Crippen LogP contribution in [0.1, 0.15) is 107 Å². The zero-order valence-corrected chi connectivity index (χ0v) is 27.6. The Balaban J connectivity index is 1.50. The van der Waals surface area contributed by atoms with E-state index in [1.807, 2.05) is 33.8 Å². The number of hydrogen-bond acceptors (Lipinski definition) is 6. The summed E-state index contributed by atoms with van der Waals surface area (Å²) >= 11 is 0. The number of carbonyl (C=O) groups is 2. The molecule has 5 rings (SSSR count). The van der Waals surface area contributed by atoms with Gasteiger partial charge in [-0.15, -0.1) is 0 Å². The first kappa shape index (κ1) is 31.3. The largest absolute Gasteiger partial charge is 0.332 e. The maximum Gasteiger partial charge on any atom is 0.332 e. The minimum atomic E-state index is -1.38. The van der Waals surface area contributed by atoms with Crippen molar-refractivity contribution >= 4 is 20.2 Å². The van der Waals surface area contributed by atoms with E-state index in [0.717, 1.165) is 44.9 Å². The van der Waals surface area contributed by atoms with Crippen LogP contribution in [0.25, 0.3) is 0 Å². The highest BCUT2D eigenvalue weighted by molar-refractivity contribution is 7.41. The summed E-state index contributed by atoms with van der Waals surface area (Å²) in [5.74, 6) is 1.30. The van der Waals surface area contributed by atoms with Crippen molar-refractivity contribution in [2.24, 2.45) is 56.7 Å². The highest BCUT2D eigenvalue weighted by Gasteiger charge is 2.68. The third kappa shape index (κ3) is 4.90. The van der Waals surface area contributed by atoms with Crippen LogP contribution in [0, 0.1) is 68.0 Å². The standard InChI is InChI=1S/C34H52NO5P/c1-9-38-41(39-10-2)40-21-34-14-11-23-28(24(34)19-30(3,4)15-16-34)25(36)17-27-32(23,7)13-12-26-31(5,6)29(37)22(20-35)18-33(26,27)8/h18,23-24,26-28H,9-17,19,21H2,1-8H3. The summed E-state index contributed by atoms with van der Waals surface area (Å²) in [6.07, 6.45) is 9.91. The Kier molecular flexibility index (Phi) is 8.25. The maximum atomic E-state index is 14.5. The smallest absolute Gasteiger partial charge is 0.313 e. The van der Waals surface area contributed by atoms with E-state index in [2.05, 4.69) is 33.8 Å². The molecule has 0 N–H and O–H groups in total. The van der Waals surface area contributed by atoms with Gasteiger partial charge in [0, 0.05) is 17.8 Å². The van der Waals surface area contributed by atoms with Crippen molar-refractivity contribution in [2.75, 3.05) is 19.8 Å². The fourth-order valence-electron chi connectivity index (χ4n) is 10.8. The molecular formula is C34H52NO5P. The highest BCUT2D eigenvalue weighted by atomic mass is 31.2. The van der Waals surface area contributed by atoms with Gasteiger partial charge in [-0.25, -0.2) is 0 Å². The van der Waals surface area contributed by atoms with Gasteiger partial charge in [0.1, 0.15) is 11.9 Å². The number of hydrogen-bond donors (Lipinski definition) is 0. The predicted molar refractivity (Wildman–Crippen MR) is 160 cm³/mol. The molecule has 4 fully saturated rings. The molecule has 0 aliphatic heterocycles. The summed E-state index contributed by atoms with van der Waals surface area (Å²) in [7, 11) is -1.38. The minimum Gasteiger partial charge on any atom is -0.313 e. The first-order valence-corrected chi connectivity index (χ1v) is 17.2. The first-order valence-electron chi connectivity index (χ1n) is 16.1. The molecule has 0 amide bonds. The van der Waals surface area contributed by atoms with E-state index in [4.69, 9.17) is 13.6 Å². The summed E-state index contributed by atoms with van der Waals surface area (Å²) in [6, 6.07) is 2.23. The molecule has 8 unspecified atom stereocenters. The molecule has 0 radical (unpaired) electrons. The molecule has 0 saturated heterocycles. The second-order valence-electron chi connectivity index (χ2n) is 15.7. The molecule has 0 aromatic heterocycles. The van der Waals surface area contributed by atoms with E-state index >= 15 is 0 Å². The van der Waals surface area contributed by atoms with Crippen LogP contribution in [0.5, 0.6) is 0 Å². The number of nitriles is 1. The molecule has 0 bridgehead atoms. The van der Waals surface area contributed by atoms with Crippen molar-refractivity contribution in [1.82, 2.24) is 0 Å². The van der Waals surface area contributed by atoms with Crippen molar-refractivity contribution < 1.29 is 23.2 Å². The summed E-state index contributed by atoms with van der Waals surface area (Å²) in [6.45, 7) is 19.2. The Labute approximate surface area is 249 Å². The average Bonchev–Trinajstić information content (AvgIpc) is 2.90. The van der Waals surface area contributed by atoms with Crippen molar-refractivity contribution in [2.45, 2.75) is 107 Å². The van der Waals surface area contributed by atoms with Crippen LogP contribution in [0.3, 0.4) is 0 Å². The van der Waals surface area contributed by atoms with Crippen LogP contribution >= 0.6 is 8.60 Å². The van der Waals surface area contributed by atoms with Crippen LogP contribution in [0.2, 0.25) is 0 Å². The number of fused-ring (bicyclic) bond motifs is 7. The van der Waals surface area contributed by atoms with Gasteiger partial charge in [0.15, 0.2) is 5.78 Å². The first-order chi connectivity index (χ1) is 19.2. The van der Waals surface area contributed by atoms with Crippen molar-refractivity contribution in [1.29, 1.82) is 5.26 Å². The molecule has 7 heteroatoms. The molecule has 0 heterocycles. The van der Waals surface area contributed by atoms with E-state index in [-0.39, 0.29) is 51.1 Å². The van der Waals surface area contributed by atoms with E-state index < -0.39 is 14.0 Å². The van der Waals surface area contributed by atoms with Gasteiger partial charge in [0.05, 0.1) is 25.4 Å². The lowest BCUT2D eigenvalue weighted by Crippen LogP contribution is -2.65. The van der Waals surface area contributed by atoms with Gasteiger partial charge >= 0.3 is 8.60 Å². The lowest BCUT2D eigenvalue weighted by molar-refractivity contribution is -0.193. The SMILES string of the molecule is CCOP(OCC)OCC12CCC3C(C(=O)CC4C5(C)C=C(C#N)C(=O)C(C)(C)C5CCC34C)C1CC(C)(C)CC2. The van der Waals surface area contributed by atoms with Gasteiger partial charge in [-0.05, 0) is 104 Å². The number of rotatable bonds is 7. The number of nitrogens with zero attached hydrogens (tertiary/aromatic N) is 1. The zero-order valence-electron chi connectivity index (χ0n) is 26.7. The normalized spacial score (nSPS) is 42.8. The Morgan fingerprint density at radius 1 is 0.902 bits per heavy atom. The lowest BCUT2D eigenvalue weighted by Gasteiger charge is -2.68. The minimum absolute atomic E-state index is 0.00473. The summed E-state index contributed by atoms with van der Waals surface area (Å²) in [4.78, 5) is 27.8.